The van der Waals surface area contributed by atoms with Crippen LogP contribution in [0.15, 0.2) is 83.8 Å². The smallest absolute Gasteiger partial charge is 0.261 e. The molecule has 7 heteroatoms. The summed E-state index contributed by atoms with van der Waals surface area (Å²) in [6.45, 7) is 1.85. The van der Waals surface area contributed by atoms with Gasteiger partial charge in [0, 0.05) is 16.3 Å². The Kier molecular flexibility index (Phi) is 6.02. The van der Waals surface area contributed by atoms with E-state index in [0.29, 0.717) is 16.3 Å². The zero-order valence-corrected chi connectivity index (χ0v) is 16.7. The summed E-state index contributed by atoms with van der Waals surface area (Å²) in [5.74, 6) is -0.312. The lowest BCUT2D eigenvalue weighted by Crippen LogP contribution is -2.26. The van der Waals surface area contributed by atoms with E-state index >= 15 is 0 Å². The molecule has 0 bridgehead atoms. The molecule has 0 saturated carbocycles. The average molecular weight is 415 g/mol. The number of benzene rings is 3. The van der Waals surface area contributed by atoms with Gasteiger partial charge in [-0.1, -0.05) is 48.0 Å². The van der Waals surface area contributed by atoms with Crippen LogP contribution in [0, 0.1) is 0 Å². The van der Waals surface area contributed by atoms with Gasteiger partial charge in [0.15, 0.2) is 0 Å². The van der Waals surface area contributed by atoms with Gasteiger partial charge < -0.3 is 5.32 Å². The van der Waals surface area contributed by atoms with Crippen molar-refractivity contribution in [2.75, 3.05) is 4.72 Å². The van der Waals surface area contributed by atoms with Gasteiger partial charge >= 0.3 is 0 Å². The summed E-state index contributed by atoms with van der Waals surface area (Å²) in [5, 5.41) is 3.48. The van der Waals surface area contributed by atoms with Crippen molar-refractivity contribution in [1.82, 2.24) is 5.32 Å². The second-order valence-electron chi connectivity index (χ2n) is 6.25. The van der Waals surface area contributed by atoms with Crippen LogP contribution < -0.4 is 10.0 Å². The van der Waals surface area contributed by atoms with Gasteiger partial charge in [0.2, 0.25) is 0 Å². The molecule has 2 N–H and O–H groups in total. The maximum absolute atomic E-state index is 12.6. The molecule has 3 rings (SSSR count). The van der Waals surface area contributed by atoms with Gasteiger partial charge in [-0.2, -0.15) is 0 Å². The number of carbonyl (C=O) groups excluding carboxylic acids is 1. The summed E-state index contributed by atoms with van der Waals surface area (Å²) in [5.41, 5.74) is 1.54. The molecule has 0 saturated heterocycles. The second kappa shape index (κ2) is 8.46. The van der Waals surface area contributed by atoms with Crippen molar-refractivity contribution in [3.63, 3.8) is 0 Å². The third kappa shape index (κ3) is 4.91. The normalized spacial score (nSPS) is 12.2. The predicted octanol–water partition coefficient (Wildman–Crippen LogP) is 4.63. The van der Waals surface area contributed by atoms with E-state index in [4.69, 9.17) is 11.6 Å². The van der Waals surface area contributed by atoms with Gasteiger partial charge in [0.1, 0.15) is 0 Å². The van der Waals surface area contributed by atoms with Crippen molar-refractivity contribution >= 4 is 33.2 Å². The Bertz CT molecular complexity index is 1090. The quantitative estimate of drug-likeness (QED) is 0.617. The summed E-state index contributed by atoms with van der Waals surface area (Å²) in [6, 6.07) is 21.4. The summed E-state index contributed by atoms with van der Waals surface area (Å²) >= 11 is 6.00. The van der Waals surface area contributed by atoms with Gasteiger partial charge in [-0.05, 0) is 55.0 Å². The van der Waals surface area contributed by atoms with Crippen molar-refractivity contribution in [3.05, 3.63) is 95.0 Å². The van der Waals surface area contributed by atoms with E-state index in [1.54, 1.807) is 48.5 Å². The van der Waals surface area contributed by atoms with Crippen molar-refractivity contribution in [2.24, 2.45) is 0 Å². The summed E-state index contributed by atoms with van der Waals surface area (Å²) in [4.78, 5) is 12.7. The number of anilines is 1. The van der Waals surface area contributed by atoms with Gasteiger partial charge in [-0.25, -0.2) is 8.42 Å². The monoisotopic (exact) mass is 414 g/mol. The van der Waals surface area contributed by atoms with Crippen molar-refractivity contribution in [3.8, 4) is 0 Å². The van der Waals surface area contributed by atoms with E-state index in [-0.39, 0.29) is 16.8 Å². The lowest BCUT2D eigenvalue weighted by molar-refractivity contribution is 0.0940. The van der Waals surface area contributed by atoms with Crippen LogP contribution in [-0.2, 0) is 10.0 Å². The fourth-order valence-corrected chi connectivity index (χ4v) is 3.95. The molecule has 1 atom stereocenters. The van der Waals surface area contributed by atoms with E-state index < -0.39 is 10.0 Å². The number of hydrogen-bond acceptors (Lipinski definition) is 3. The minimum Gasteiger partial charge on any atom is -0.346 e. The first-order valence-corrected chi connectivity index (χ1v) is 10.5. The maximum atomic E-state index is 12.6. The Balaban J connectivity index is 1.75. The third-order valence-corrected chi connectivity index (χ3v) is 5.76. The molecule has 5 nitrogen and oxygen atoms in total. The fraction of sp³-hybridized carbons (Fsp3) is 0.0952. The summed E-state index contributed by atoms with van der Waals surface area (Å²) in [7, 11) is -3.72. The lowest BCUT2D eigenvalue weighted by atomic mass is 10.1. The third-order valence-electron chi connectivity index (χ3n) is 4.13. The first-order chi connectivity index (χ1) is 13.3. The molecule has 0 aliphatic carbocycles. The molecule has 0 unspecified atom stereocenters. The topological polar surface area (TPSA) is 75.3 Å². The molecule has 0 aliphatic heterocycles. The zero-order chi connectivity index (χ0) is 20.1. The zero-order valence-electron chi connectivity index (χ0n) is 15.1. The first kappa shape index (κ1) is 19.9. The van der Waals surface area contributed by atoms with Crippen LogP contribution >= 0.6 is 11.6 Å². The molecule has 0 fully saturated rings. The Labute approximate surface area is 169 Å². The van der Waals surface area contributed by atoms with Crippen LogP contribution in [0.25, 0.3) is 0 Å². The Morgan fingerprint density at radius 3 is 2.36 bits per heavy atom. The fourth-order valence-electron chi connectivity index (χ4n) is 2.68. The summed E-state index contributed by atoms with van der Waals surface area (Å²) in [6.07, 6.45) is 0. The van der Waals surface area contributed by atoms with E-state index in [0.717, 1.165) is 5.56 Å². The molecular weight excluding hydrogens is 396 g/mol. The Hall–Kier alpha value is -2.83. The van der Waals surface area contributed by atoms with Gasteiger partial charge in [-0.15, -0.1) is 0 Å². The second-order valence-corrected chi connectivity index (χ2v) is 8.37. The van der Waals surface area contributed by atoms with Gasteiger partial charge in [0.05, 0.1) is 10.9 Å². The molecule has 0 aromatic heterocycles. The molecule has 3 aromatic carbocycles. The Morgan fingerprint density at radius 1 is 0.929 bits per heavy atom. The standard InChI is InChI=1S/C21H19ClN2O3S/c1-15(16-7-5-9-18(22)13-16)23-21(25)17-8-6-10-19(14-17)24-28(26,27)20-11-3-2-4-12-20/h2-15,24H,1H3,(H,23,25)/t15-/m1/s1. The van der Waals surface area contributed by atoms with E-state index in [1.807, 2.05) is 19.1 Å². The van der Waals surface area contributed by atoms with Gasteiger partial charge in [0.25, 0.3) is 15.9 Å². The van der Waals surface area contributed by atoms with E-state index in [2.05, 4.69) is 10.0 Å². The van der Waals surface area contributed by atoms with Crippen LogP contribution in [0.1, 0.15) is 28.9 Å². The molecule has 0 aliphatic rings. The maximum Gasteiger partial charge on any atom is 0.261 e. The highest BCUT2D eigenvalue weighted by Gasteiger charge is 2.16. The number of nitrogens with one attached hydrogen (secondary N) is 2. The minimum absolute atomic E-state index is 0.152. The highest BCUT2D eigenvalue weighted by molar-refractivity contribution is 7.92. The van der Waals surface area contributed by atoms with Crippen LogP contribution in [-0.4, -0.2) is 14.3 Å². The van der Waals surface area contributed by atoms with E-state index in [1.165, 1.54) is 18.2 Å². The SMILES string of the molecule is C[C@@H](NC(=O)c1cccc(NS(=O)(=O)c2ccccc2)c1)c1cccc(Cl)c1. The molecule has 0 spiro atoms. The number of rotatable bonds is 6. The van der Waals surface area contributed by atoms with Crippen LogP contribution in [0.4, 0.5) is 5.69 Å². The highest BCUT2D eigenvalue weighted by atomic mass is 35.5. The molecule has 0 radical (unpaired) electrons. The molecule has 144 valence electrons. The number of carbonyl (C=O) groups is 1. The van der Waals surface area contributed by atoms with Crippen LogP contribution in [0.2, 0.25) is 5.02 Å². The number of sulfonamides is 1. The highest BCUT2D eigenvalue weighted by Crippen LogP contribution is 2.20. The minimum atomic E-state index is -3.72. The Morgan fingerprint density at radius 2 is 1.64 bits per heavy atom. The van der Waals surface area contributed by atoms with Crippen molar-refractivity contribution in [2.45, 2.75) is 17.9 Å². The number of hydrogen-bond donors (Lipinski definition) is 2. The lowest BCUT2D eigenvalue weighted by Gasteiger charge is -2.15. The first-order valence-electron chi connectivity index (χ1n) is 8.59. The molecular formula is C21H19ClN2O3S. The predicted molar refractivity (Wildman–Crippen MR) is 111 cm³/mol. The van der Waals surface area contributed by atoms with E-state index in [9.17, 15) is 13.2 Å². The molecule has 28 heavy (non-hydrogen) atoms. The molecule has 0 heterocycles. The van der Waals surface area contributed by atoms with Crippen molar-refractivity contribution < 1.29 is 13.2 Å². The number of halogens is 1. The number of amides is 1. The van der Waals surface area contributed by atoms with Crippen LogP contribution in [0.3, 0.4) is 0 Å². The average Bonchev–Trinajstić information content (AvgIpc) is 2.68. The largest absolute Gasteiger partial charge is 0.346 e. The van der Waals surface area contributed by atoms with Crippen molar-refractivity contribution in [1.29, 1.82) is 0 Å². The molecule has 1 amide bonds. The molecule has 3 aromatic rings. The van der Waals surface area contributed by atoms with Crippen LogP contribution in [0.5, 0.6) is 0 Å². The summed E-state index contributed by atoms with van der Waals surface area (Å²) < 4.78 is 27.4. The van der Waals surface area contributed by atoms with Gasteiger partial charge in [-0.3, -0.25) is 9.52 Å².